The molecule has 0 aromatic carbocycles. The Morgan fingerprint density at radius 3 is 2.73 bits per heavy atom. The number of sulfone groups is 1. The minimum atomic E-state index is -3.32. The lowest BCUT2D eigenvalue weighted by atomic mass is 10.5. The third-order valence-electron chi connectivity index (χ3n) is 1.89. The second kappa shape index (κ2) is 4.96. The summed E-state index contributed by atoms with van der Waals surface area (Å²) >= 11 is 5.68. The molecule has 0 aliphatic heterocycles. The summed E-state index contributed by atoms with van der Waals surface area (Å²) in [5.74, 6) is 0.228. The summed E-state index contributed by atoms with van der Waals surface area (Å²) in [5.41, 5.74) is 0.675. The maximum absolute atomic E-state index is 11.4. The largest absolute Gasteiger partial charge is 0.383 e. The van der Waals surface area contributed by atoms with E-state index in [1.807, 2.05) is 0 Å². The fourth-order valence-electron chi connectivity index (χ4n) is 1.22. The maximum Gasteiger partial charge on any atom is 0.227 e. The van der Waals surface area contributed by atoms with Crippen molar-refractivity contribution in [3.63, 3.8) is 0 Å². The van der Waals surface area contributed by atoms with Crippen molar-refractivity contribution in [2.24, 2.45) is 0 Å². The molecular weight excluding hydrogens is 240 g/mol. The van der Waals surface area contributed by atoms with Gasteiger partial charge in [-0.1, -0.05) is 0 Å². The smallest absolute Gasteiger partial charge is 0.227 e. The van der Waals surface area contributed by atoms with E-state index in [1.54, 1.807) is 11.7 Å². The Morgan fingerprint density at radius 1 is 1.60 bits per heavy atom. The van der Waals surface area contributed by atoms with Crippen LogP contribution in [0.2, 0.25) is 0 Å². The average Bonchev–Trinajstić information content (AvgIpc) is 2.56. The van der Waals surface area contributed by atoms with Gasteiger partial charge in [-0.15, -0.1) is 11.6 Å². The molecule has 86 valence electrons. The van der Waals surface area contributed by atoms with Gasteiger partial charge in [-0.05, 0) is 0 Å². The third-order valence-corrected chi connectivity index (χ3v) is 3.15. The van der Waals surface area contributed by atoms with Gasteiger partial charge in [-0.3, -0.25) is 0 Å². The number of hydrogen-bond acceptors (Lipinski definition) is 4. The van der Waals surface area contributed by atoms with Crippen molar-refractivity contribution in [2.75, 3.05) is 20.0 Å². The Bertz CT molecular complexity index is 427. The standard InChI is InChI=1S/C8H13ClN2O3S/c1-14-4-3-11-7(5-9)6-10-8(11)15(2,12)13/h6H,3-5H2,1-2H3. The van der Waals surface area contributed by atoms with Crippen molar-refractivity contribution >= 4 is 21.4 Å². The normalized spacial score (nSPS) is 11.9. The van der Waals surface area contributed by atoms with Gasteiger partial charge in [0.25, 0.3) is 0 Å². The van der Waals surface area contributed by atoms with Crippen LogP contribution >= 0.6 is 11.6 Å². The molecule has 1 aromatic heterocycles. The Kier molecular flexibility index (Phi) is 4.12. The zero-order valence-electron chi connectivity index (χ0n) is 8.60. The lowest BCUT2D eigenvalue weighted by Crippen LogP contribution is -2.14. The molecule has 0 bridgehead atoms. The second-order valence-corrected chi connectivity index (χ2v) is 5.26. The Labute approximate surface area is 93.9 Å². The van der Waals surface area contributed by atoms with Gasteiger partial charge in [0, 0.05) is 19.9 Å². The van der Waals surface area contributed by atoms with Crippen molar-refractivity contribution < 1.29 is 13.2 Å². The molecule has 0 N–H and O–H groups in total. The van der Waals surface area contributed by atoms with Crippen molar-refractivity contribution in [3.8, 4) is 0 Å². The van der Waals surface area contributed by atoms with E-state index in [-0.39, 0.29) is 11.0 Å². The summed E-state index contributed by atoms with van der Waals surface area (Å²) < 4.78 is 29.2. The predicted octanol–water partition coefficient (Wildman–Crippen LogP) is 0.672. The molecule has 0 saturated heterocycles. The van der Waals surface area contributed by atoms with E-state index in [2.05, 4.69) is 4.98 Å². The first-order chi connectivity index (χ1) is 7.00. The Morgan fingerprint density at radius 2 is 2.27 bits per heavy atom. The number of hydrogen-bond donors (Lipinski definition) is 0. The Balaban J connectivity index is 3.12. The van der Waals surface area contributed by atoms with Crippen LogP contribution in [0.4, 0.5) is 0 Å². The third kappa shape index (κ3) is 2.93. The molecule has 1 heterocycles. The van der Waals surface area contributed by atoms with Crippen LogP contribution in [0.1, 0.15) is 5.69 Å². The van der Waals surface area contributed by atoms with Crippen LogP contribution in [-0.2, 0) is 27.0 Å². The van der Waals surface area contributed by atoms with E-state index < -0.39 is 9.84 Å². The van der Waals surface area contributed by atoms with E-state index in [0.29, 0.717) is 18.8 Å². The molecular formula is C8H13ClN2O3S. The number of rotatable bonds is 5. The van der Waals surface area contributed by atoms with Crippen LogP contribution in [0.3, 0.4) is 0 Å². The molecule has 1 rings (SSSR count). The molecule has 0 unspecified atom stereocenters. The summed E-state index contributed by atoms with van der Waals surface area (Å²) in [4.78, 5) is 3.85. The lowest BCUT2D eigenvalue weighted by Gasteiger charge is -2.08. The maximum atomic E-state index is 11.4. The molecule has 0 aliphatic rings. The summed E-state index contributed by atoms with van der Waals surface area (Å²) in [6, 6.07) is 0. The zero-order chi connectivity index (χ0) is 11.5. The predicted molar refractivity (Wildman–Crippen MR) is 56.8 cm³/mol. The molecule has 0 saturated carbocycles. The molecule has 7 heteroatoms. The zero-order valence-corrected chi connectivity index (χ0v) is 10.2. The molecule has 0 aliphatic carbocycles. The second-order valence-electron chi connectivity index (χ2n) is 3.08. The number of aromatic nitrogens is 2. The van der Waals surface area contributed by atoms with E-state index in [4.69, 9.17) is 16.3 Å². The number of methoxy groups -OCH3 is 1. The van der Waals surface area contributed by atoms with E-state index in [9.17, 15) is 8.42 Å². The Hall–Kier alpha value is -0.590. The van der Waals surface area contributed by atoms with Gasteiger partial charge in [-0.2, -0.15) is 0 Å². The van der Waals surface area contributed by atoms with Crippen molar-refractivity contribution in [1.29, 1.82) is 0 Å². The molecule has 0 amide bonds. The SMILES string of the molecule is COCCn1c(CCl)cnc1S(C)(=O)=O. The first-order valence-electron chi connectivity index (χ1n) is 4.30. The molecule has 0 fully saturated rings. The van der Waals surface area contributed by atoms with Gasteiger partial charge in [0.15, 0.2) is 0 Å². The van der Waals surface area contributed by atoms with Crippen LogP contribution in [0.25, 0.3) is 0 Å². The van der Waals surface area contributed by atoms with Gasteiger partial charge < -0.3 is 9.30 Å². The van der Waals surface area contributed by atoms with Crippen molar-refractivity contribution in [2.45, 2.75) is 17.6 Å². The number of ether oxygens (including phenoxy) is 1. The van der Waals surface area contributed by atoms with Crippen LogP contribution in [0.5, 0.6) is 0 Å². The first-order valence-corrected chi connectivity index (χ1v) is 6.72. The van der Waals surface area contributed by atoms with E-state index in [0.717, 1.165) is 6.26 Å². The summed E-state index contributed by atoms with van der Waals surface area (Å²) in [6.45, 7) is 0.851. The summed E-state index contributed by atoms with van der Waals surface area (Å²) in [6.07, 6.45) is 2.59. The van der Waals surface area contributed by atoms with Crippen LogP contribution in [0, 0.1) is 0 Å². The van der Waals surface area contributed by atoms with Crippen LogP contribution in [0.15, 0.2) is 11.4 Å². The highest BCUT2D eigenvalue weighted by Crippen LogP contribution is 2.13. The van der Waals surface area contributed by atoms with Crippen molar-refractivity contribution in [1.82, 2.24) is 9.55 Å². The van der Waals surface area contributed by atoms with E-state index in [1.165, 1.54) is 6.20 Å². The molecule has 0 atom stereocenters. The van der Waals surface area contributed by atoms with Gasteiger partial charge in [-0.25, -0.2) is 13.4 Å². The quantitative estimate of drug-likeness (QED) is 0.723. The molecule has 15 heavy (non-hydrogen) atoms. The fraction of sp³-hybridized carbons (Fsp3) is 0.625. The fourth-order valence-corrected chi connectivity index (χ4v) is 2.28. The van der Waals surface area contributed by atoms with Gasteiger partial charge in [0.1, 0.15) is 0 Å². The lowest BCUT2D eigenvalue weighted by molar-refractivity contribution is 0.184. The topological polar surface area (TPSA) is 61.2 Å². The van der Waals surface area contributed by atoms with Crippen LogP contribution < -0.4 is 0 Å². The molecule has 5 nitrogen and oxygen atoms in total. The first kappa shape index (κ1) is 12.5. The highest BCUT2D eigenvalue weighted by Gasteiger charge is 2.17. The van der Waals surface area contributed by atoms with Crippen molar-refractivity contribution in [3.05, 3.63) is 11.9 Å². The summed E-state index contributed by atoms with van der Waals surface area (Å²) in [5, 5.41) is 0.0372. The average molecular weight is 253 g/mol. The number of halogens is 1. The molecule has 1 aromatic rings. The monoisotopic (exact) mass is 252 g/mol. The summed E-state index contributed by atoms with van der Waals surface area (Å²) in [7, 11) is -1.76. The number of nitrogens with zero attached hydrogens (tertiary/aromatic N) is 2. The highest BCUT2D eigenvalue weighted by atomic mass is 35.5. The molecule has 0 spiro atoms. The highest BCUT2D eigenvalue weighted by molar-refractivity contribution is 7.90. The van der Waals surface area contributed by atoms with Gasteiger partial charge >= 0.3 is 0 Å². The van der Waals surface area contributed by atoms with Gasteiger partial charge in [0.2, 0.25) is 15.0 Å². The molecule has 0 radical (unpaired) electrons. The van der Waals surface area contributed by atoms with Crippen LogP contribution in [-0.4, -0.2) is 37.9 Å². The van der Waals surface area contributed by atoms with Gasteiger partial charge in [0.05, 0.1) is 24.4 Å². The number of alkyl halides is 1. The minimum absolute atomic E-state index is 0.0372. The number of imidazole rings is 1. The van der Waals surface area contributed by atoms with E-state index >= 15 is 0 Å². The minimum Gasteiger partial charge on any atom is -0.383 e.